The molecule has 3 N–H and O–H groups in total. The van der Waals surface area contributed by atoms with Gasteiger partial charge in [-0.15, -0.1) is 0 Å². The maximum atomic E-state index is 12.7. The number of benzene rings is 2. The average Bonchev–Trinajstić information content (AvgIpc) is 2.77. The van der Waals surface area contributed by atoms with Gasteiger partial charge in [0.2, 0.25) is 0 Å². The Kier molecular flexibility index (Phi) is 15.3. The summed E-state index contributed by atoms with van der Waals surface area (Å²) in [4.78, 5) is 28.6. The lowest BCUT2D eigenvalue weighted by Gasteiger charge is -2.21. The summed E-state index contributed by atoms with van der Waals surface area (Å²) in [7, 11) is 0. The van der Waals surface area contributed by atoms with E-state index in [4.69, 9.17) is 20.1 Å². The number of ether oxygens (including phenoxy) is 3. The Morgan fingerprint density at radius 2 is 1.59 bits per heavy atom. The third-order valence-electron chi connectivity index (χ3n) is 4.28. The van der Waals surface area contributed by atoms with Gasteiger partial charge in [-0.2, -0.15) is 32.9 Å². The maximum absolute atomic E-state index is 12.7. The third kappa shape index (κ3) is 10.4. The Hall–Kier alpha value is -2.24. The first-order chi connectivity index (χ1) is 14.5. The van der Waals surface area contributed by atoms with E-state index in [0.717, 1.165) is 0 Å². The molecular weight excluding hydrogens is 452 g/mol. The minimum Gasteiger partial charge on any atom is -0.457 e. The lowest BCUT2D eigenvalue weighted by molar-refractivity contribution is -0.149. The Morgan fingerprint density at radius 3 is 2.19 bits per heavy atom. The zero-order valence-corrected chi connectivity index (χ0v) is 20.2. The van der Waals surface area contributed by atoms with Gasteiger partial charge in [-0.3, -0.25) is 9.59 Å². The van der Waals surface area contributed by atoms with Crippen LogP contribution in [0.5, 0.6) is 11.5 Å². The normalized spacial score (nSPS) is 11.8. The van der Waals surface area contributed by atoms with Gasteiger partial charge in [0, 0.05) is 12.2 Å². The molecule has 0 saturated heterocycles. The van der Waals surface area contributed by atoms with E-state index in [1.54, 1.807) is 31.2 Å². The van der Waals surface area contributed by atoms with Crippen LogP contribution in [0.1, 0.15) is 30.6 Å². The molecular formula is C22H32N2O6S2. The van der Waals surface area contributed by atoms with E-state index in [0.29, 0.717) is 30.1 Å². The predicted octanol–water partition coefficient (Wildman–Crippen LogP) is 3.26. The van der Waals surface area contributed by atoms with Crippen molar-refractivity contribution in [1.82, 2.24) is 5.32 Å². The number of hydrogen-bond donors (Lipinski definition) is 2. The van der Waals surface area contributed by atoms with Gasteiger partial charge in [0.25, 0.3) is 5.91 Å². The van der Waals surface area contributed by atoms with Gasteiger partial charge in [0.05, 0.1) is 18.6 Å². The molecule has 0 radical (unpaired) electrons. The van der Waals surface area contributed by atoms with E-state index in [1.807, 2.05) is 37.3 Å². The number of hydrogen-bond acceptors (Lipinski definition) is 7. The Morgan fingerprint density at radius 1 is 0.969 bits per heavy atom. The Labute approximate surface area is 202 Å². The van der Waals surface area contributed by atoms with Crippen LogP contribution in [0.3, 0.4) is 0 Å². The monoisotopic (exact) mass is 484 g/mol. The molecule has 0 aliphatic rings. The van der Waals surface area contributed by atoms with E-state index in [2.05, 4.69) is 10.2 Å². The summed E-state index contributed by atoms with van der Waals surface area (Å²) in [5.74, 6) is 4.93. The van der Waals surface area contributed by atoms with Gasteiger partial charge in [0.1, 0.15) is 18.3 Å². The summed E-state index contributed by atoms with van der Waals surface area (Å²) in [6.07, 6.45) is 0.309. The largest absolute Gasteiger partial charge is 0.457 e. The molecule has 0 bridgehead atoms. The summed E-state index contributed by atoms with van der Waals surface area (Å²) in [6.45, 7) is 4.33. The minimum absolute atomic E-state index is 0. The van der Waals surface area contributed by atoms with Crippen molar-refractivity contribution in [3.63, 3.8) is 0 Å². The number of nitrogens with two attached hydrogens (primary N) is 1. The number of rotatable bonds is 12. The van der Waals surface area contributed by atoms with Crippen LogP contribution in [0, 0.1) is 5.92 Å². The second-order valence-corrected chi connectivity index (χ2v) is 6.66. The van der Waals surface area contributed by atoms with Crippen molar-refractivity contribution >= 4 is 38.9 Å². The lowest BCUT2D eigenvalue weighted by Crippen LogP contribution is -2.40. The fraction of sp³-hybridized carbons (Fsp3) is 0.364. The fourth-order valence-corrected chi connectivity index (χ4v) is 2.71. The molecule has 32 heavy (non-hydrogen) atoms. The Bertz CT molecular complexity index is 793. The van der Waals surface area contributed by atoms with Crippen LogP contribution >= 0.6 is 27.0 Å². The van der Waals surface area contributed by atoms with E-state index in [-0.39, 0.29) is 46.3 Å². The molecule has 0 unspecified atom stereocenters. The van der Waals surface area contributed by atoms with Gasteiger partial charge in [0.15, 0.2) is 0 Å². The van der Waals surface area contributed by atoms with Crippen molar-refractivity contribution in [2.45, 2.75) is 26.3 Å². The SMILES string of the molecule is CCOCOC[C@H](C[C@H](C)C(=O)ON)NC(=O)c1ccc(Oc2ccccc2)cc1.S.S. The molecule has 10 heteroatoms. The van der Waals surface area contributed by atoms with Crippen LogP contribution in [0.2, 0.25) is 0 Å². The summed E-state index contributed by atoms with van der Waals surface area (Å²) < 4.78 is 16.3. The molecule has 0 aromatic heterocycles. The second-order valence-electron chi connectivity index (χ2n) is 6.66. The zero-order chi connectivity index (χ0) is 21.8. The second kappa shape index (κ2) is 16.4. The lowest BCUT2D eigenvalue weighted by atomic mass is 10.0. The molecule has 178 valence electrons. The molecule has 8 nitrogen and oxygen atoms in total. The fourth-order valence-electron chi connectivity index (χ4n) is 2.71. The molecule has 0 aliphatic heterocycles. The van der Waals surface area contributed by atoms with Crippen molar-refractivity contribution in [2.75, 3.05) is 20.0 Å². The van der Waals surface area contributed by atoms with Crippen LogP contribution < -0.4 is 16.0 Å². The third-order valence-corrected chi connectivity index (χ3v) is 4.28. The molecule has 2 aromatic rings. The standard InChI is InChI=1S/C22H28N2O6.2H2S/c1-3-27-15-28-14-18(13-16(2)22(26)30-23)24-21(25)17-9-11-20(12-10-17)29-19-7-5-4-6-8-19;;/h4-12,16,18H,3,13-15,23H2,1-2H3,(H,24,25);2*1H2/t16-,18-;;/m0../s1. The first-order valence-corrected chi connectivity index (χ1v) is 9.73. The van der Waals surface area contributed by atoms with Crippen LogP contribution in [-0.2, 0) is 19.1 Å². The number of carbonyl (C=O) groups is 2. The molecule has 0 saturated carbocycles. The van der Waals surface area contributed by atoms with Crippen LogP contribution in [0.15, 0.2) is 54.6 Å². The highest BCUT2D eigenvalue weighted by Crippen LogP contribution is 2.21. The van der Waals surface area contributed by atoms with E-state index in [9.17, 15) is 9.59 Å². The number of nitrogens with one attached hydrogen (secondary N) is 1. The first-order valence-electron chi connectivity index (χ1n) is 9.73. The van der Waals surface area contributed by atoms with Gasteiger partial charge >= 0.3 is 5.97 Å². The minimum atomic E-state index is -0.554. The van der Waals surface area contributed by atoms with Crippen LogP contribution in [-0.4, -0.2) is 37.9 Å². The predicted molar refractivity (Wildman–Crippen MR) is 131 cm³/mol. The molecule has 0 aliphatic carbocycles. The summed E-state index contributed by atoms with van der Waals surface area (Å²) in [5, 5.41) is 2.88. The summed E-state index contributed by atoms with van der Waals surface area (Å²) >= 11 is 0. The zero-order valence-electron chi connectivity index (χ0n) is 18.2. The quantitative estimate of drug-likeness (QED) is 0.270. The van der Waals surface area contributed by atoms with E-state index >= 15 is 0 Å². The van der Waals surface area contributed by atoms with Gasteiger partial charge in [-0.05, 0) is 49.7 Å². The van der Waals surface area contributed by atoms with Gasteiger partial charge in [-0.25, -0.2) is 0 Å². The van der Waals surface area contributed by atoms with E-state index in [1.165, 1.54) is 0 Å². The first kappa shape index (κ1) is 29.8. The number of amides is 1. The van der Waals surface area contributed by atoms with Crippen molar-refractivity contribution in [2.24, 2.45) is 11.8 Å². The van der Waals surface area contributed by atoms with Gasteiger partial charge < -0.3 is 24.4 Å². The van der Waals surface area contributed by atoms with Crippen molar-refractivity contribution < 1.29 is 28.6 Å². The topological polar surface area (TPSA) is 109 Å². The van der Waals surface area contributed by atoms with E-state index < -0.39 is 17.9 Å². The van der Waals surface area contributed by atoms with Crippen LogP contribution in [0.4, 0.5) is 0 Å². The highest BCUT2D eigenvalue weighted by Gasteiger charge is 2.22. The Balaban J connectivity index is 0.00000480. The molecule has 2 rings (SSSR count). The molecule has 1 amide bonds. The summed E-state index contributed by atoms with van der Waals surface area (Å²) in [6, 6.07) is 15.7. The van der Waals surface area contributed by atoms with Crippen molar-refractivity contribution in [3.05, 3.63) is 60.2 Å². The number of carbonyl (C=O) groups excluding carboxylic acids is 2. The average molecular weight is 485 g/mol. The molecule has 2 atom stereocenters. The van der Waals surface area contributed by atoms with Gasteiger partial charge in [-0.1, -0.05) is 25.1 Å². The smallest absolute Gasteiger partial charge is 0.327 e. The van der Waals surface area contributed by atoms with Crippen molar-refractivity contribution in [3.8, 4) is 11.5 Å². The summed E-state index contributed by atoms with van der Waals surface area (Å²) in [5.41, 5.74) is 0.458. The highest BCUT2D eigenvalue weighted by atomic mass is 32.1. The molecule has 0 spiro atoms. The molecule has 2 aromatic carbocycles. The maximum Gasteiger partial charge on any atom is 0.327 e. The highest BCUT2D eigenvalue weighted by molar-refractivity contribution is 7.59. The van der Waals surface area contributed by atoms with Crippen LogP contribution in [0.25, 0.3) is 0 Å². The molecule has 0 heterocycles. The molecule has 0 fully saturated rings. The number of para-hydroxylation sites is 1. The van der Waals surface area contributed by atoms with Crippen molar-refractivity contribution in [1.29, 1.82) is 0 Å².